The second-order valence-electron chi connectivity index (χ2n) is 10.9. The molecule has 8 heteroatoms. The second kappa shape index (κ2) is 14.1. The normalized spacial score (nSPS) is 17.3. The van der Waals surface area contributed by atoms with E-state index in [2.05, 4.69) is 46.3 Å². The van der Waals surface area contributed by atoms with E-state index in [9.17, 15) is 14.7 Å². The van der Waals surface area contributed by atoms with Crippen molar-refractivity contribution in [1.29, 1.82) is 0 Å². The van der Waals surface area contributed by atoms with E-state index in [-0.39, 0.29) is 17.8 Å². The smallest absolute Gasteiger partial charge is 0.407 e. The number of nitrogens with zero attached hydrogens (tertiary/aromatic N) is 3. The number of carbonyl (C=O) groups is 1. The number of ether oxygens (including phenoxy) is 1. The van der Waals surface area contributed by atoms with Gasteiger partial charge in [0.05, 0.1) is 17.6 Å². The highest BCUT2D eigenvalue weighted by Crippen LogP contribution is 2.31. The first kappa shape index (κ1) is 28.6. The molecule has 5 rings (SSSR count). The molecule has 1 aromatic heterocycles. The van der Waals surface area contributed by atoms with Gasteiger partial charge >= 0.3 is 11.8 Å². The van der Waals surface area contributed by atoms with E-state index in [0.29, 0.717) is 32.6 Å². The summed E-state index contributed by atoms with van der Waals surface area (Å²) in [4.78, 5) is 31.9. The van der Waals surface area contributed by atoms with Crippen LogP contribution in [0.25, 0.3) is 11.0 Å². The van der Waals surface area contributed by atoms with Crippen LogP contribution in [-0.2, 0) is 17.9 Å². The zero-order valence-electron chi connectivity index (χ0n) is 23.5. The van der Waals surface area contributed by atoms with Crippen LogP contribution in [-0.4, -0.2) is 62.8 Å². The number of fused-ring (bicyclic) bond motifs is 1. The molecule has 8 nitrogen and oxygen atoms in total. The Hall–Kier alpha value is -3.88. The minimum Gasteiger partial charge on any atom is -0.465 e. The highest BCUT2D eigenvalue weighted by Gasteiger charge is 2.33. The fourth-order valence-corrected chi connectivity index (χ4v) is 6.04. The number of piperidine rings is 1. The third-order valence-corrected chi connectivity index (χ3v) is 8.06. The number of benzene rings is 3. The quantitative estimate of drug-likeness (QED) is 0.200. The van der Waals surface area contributed by atoms with Gasteiger partial charge in [0.2, 0.25) is 0 Å². The number of amides is 1. The first-order valence-electron chi connectivity index (χ1n) is 14.7. The van der Waals surface area contributed by atoms with Crippen LogP contribution < -0.4 is 5.69 Å². The van der Waals surface area contributed by atoms with Gasteiger partial charge in [0.15, 0.2) is 0 Å². The molecule has 0 radical (unpaired) electrons. The third-order valence-electron chi connectivity index (χ3n) is 8.06. The van der Waals surface area contributed by atoms with Gasteiger partial charge in [-0.25, -0.2) is 9.59 Å². The van der Waals surface area contributed by atoms with Gasteiger partial charge in [-0.05, 0) is 61.9 Å². The molecule has 2 atom stereocenters. The molecule has 0 bridgehead atoms. The van der Waals surface area contributed by atoms with Gasteiger partial charge < -0.3 is 19.7 Å². The molecule has 1 aliphatic heterocycles. The highest BCUT2D eigenvalue weighted by atomic mass is 16.5. The maximum absolute atomic E-state index is 12.8. The summed E-state index contributed by atoms with van der Waals surface area (Å²) in [6, 6.07) is 28.2. The van der Waals surface area contributed by atoms with Crippen LogP contribution in [0.3, 0.4) is 0 Å². The van der Waals surface area contributed by atoms with Crippen LogP contribution in [0.2, 0.25) is 0 Å². The maximum atomic E-state index is 12.8. The Bertz CT molecular complexity index is 1440. The summed E-state index contributed by atoms with van der Waals surface area (Å²) in [5, 5.41) is 9.93. The van der Waals surface area contributed by atoms with Crippen molar-refractivity contribution < 1.29 is 14.6 Å². The Morgan fingerprint density at radius 2 is 1.61 bits per heavy atom. The number of hydrogen-bond acceptors (Lipinski definition) is 4. The average molecular weight is 557 g/mol. The van der Waals surface area contributed by atoms with Gasteiger partial charge in [-0.15, -0.1) is 0 Å². The van der Waals surface area contributed by atoms with Crippen molar-refractivity contribution in [3.63, 3.8) is 0 Å². The van der Waals surface area contributed by atoms with Gasteiger partial charge in [-0.2, -0.15) is 0 Å². The number of hydrogen-bond donors (Lipinski definition) is 2. The number of para-hydroxylation sites is 2. The van der Waals surface area contributed by atoms with Gasteiger partial charge in [-0.1, -0.05) is 72.8 Å². The summed E-state index contributed by atoms with van der Waals surface area (Å²) in [5.74, 6) is 0. The van der Waals surface area contributed by atoms with E-state index in [0.717, 1.165) is 49.9 Å². The molecule has 4 aromatic rings. The Balaban J connectivity index is 1.18. The van der Waals surface area contributed by atoms with Crippen LogP contribution >= 0.6 is 0 Å². The van der Waals surface area contributed by atoms with E-state index in [1.807, 2.05) is 53.1 Å². The molecule has 3 aromatic carbocycles. The second-order valence-corrected chi connectivity index (χ2v) is 10.9. The molecule has 2 N–H and O–H groups in total. The van der Waals surface area contributed by atoms with Crippen LogP contribution in [0.5, 0.6) is 0 Å². The summed E-state index contributed by atoms with van der Waals surface area (Å²) in [6.45, 7) is 4.37. The molecule has 216 valence electrons. The first-order chi connectivity index (χ1) is 20.1. The predicted octanol–water partition coefficient (Wildman–Crippen LogP) is 5.90. The molecule has 1 saturated heterocycles. The molecular formula is C33H40N4O4. The monoisotopic (exact) mass is 556 g/mol. The number of nitrogens with one attached hydrogen (secondary N) is 1. The lowest BCUT2D eigenvalue weighted by atomic mass is 9.93. The van der Waals surface area contributed by atoms with Crippen molar-refractivity contribution >= 4 is 17.1 Å². The van der Waals surface area contributed by atoms with E-state index in [1.54, 1.807) is 4.90 Å². The molecule has 0 spiro atoms. The lowest BCUT2D eigenvalue weighted by molar-refractivity contribution is 0.0841. The molecule has 41 heavy (non-hydrogen) atoms. The van der Waals surface area contributed by atoms with E-state index < -0.39 is 6.09 Å². The van der Waals surface area contributed by atoms with Crippen LogP contribution in [0.1, 0.15) is 49.3 Å². The van der Waals surface area contributed by atoms with Crippen molar-refractivity contribution in [1.82, 2.24) is 19.4 Å². The summed E-state index contributed by atoms with van der Waals surface area (Å²) < 4.78 is 7.75. The van der Waals surface area contributed by atoms with Gasteiger partial charge in [0.25, 0.3) is 0 Å². The van der Waals surface area contributed by atoms with E-state index in [1.165, 1.54) is 11.1 Å². The first-order valence-corrected chi connectivity index (χ1v) is 14.7. The molecule has 1 aliphatic rings. The molecule has 1 amide bonds. The highest BCUT2D eigenvalue weighted by molar-refractivity contribution is 5.75. The van der Waals surface area contributed by atoms with E-state index >= 15 is 0 Å². The minimum absolute atomic E-state index is 0.0264. The largest absolute Gasteiger partial charge is 0.465 e. The lowest BCUT2D eigenvalue weighted by Gasteiger charge is -2.38. The van der Waals surface area contributed by atoms with Crippen LogP contribution in [0.15, 0.2) is 89.7 Å². The number of likely N-dealkylation sites (tertiary alicyclic amines) is 1. The Kier molecular flexibility index (Phi) is 9.88. The maximum Gasteiger partial charge on any atom is 0.407 e. The average Bonchev–Trinajstić information content (AvgIpc) is 3.33. The third kappa shape index (κ3) is 7.65. The summed E-state index contributed by atoms with van der Waals surface area (Å²) in [5.41, 5.74) is 4.02. The zero-order chi connectivity index (χ0) is 28.4. The minimum atomic E-state index is -0.878. The molecule has 1 fully saturated rings. The predicted molar refractivity (Wildman–Crippen MR) is 161 cm³/mol. The van der Waals surface area contributed by atoms with Gasteiger partial charge in [-0.3, -0.25) is 9.47 Å². The van der Waals surface area contributed by atoms with Gasteiger partial charge in [0, 0.05) is 38.3 Å². The fraction of sp³-hybridized carbons (Fsp3) is 0.394. The van der Waals surface area contributed by atoms with Crippen LogP contribution in [0.4, 0.5) is 4.79 Å². The summed E-state index contributed by atoms with van der Waals surface area (Å²) >= 11 is 0. The lowest BCUT2D eigenvalue weighted by Crippen LogP contribution is -2.47. The zero-order valence-corrected chi connectivity index (χ0v) is 23.5. The van der Waals surface area contributed by atoms with Crippen molar-refractivity contribution in [3.05, 3.63) is 107 Å². The standard InChI is InChI=1S/C33H40N4O4/c38-32-34-30-16-7-8-17-31(30)37(32)29-18-21-36(33(39)40)28(23-29)15-9-19-35(24-26-11-3-1-4-12-26)20-10-22-41-25-27-13-5-2-6-14-27/h1-8,11-14,16-17,28-29H,9-10,15,18-25H2,(H,34,38)(H,39,40). The van der Waals surface area contributed by atoms with Gasteiger partial charge in [0.1, 0.15) is 0 Å². The molecule has 0 aliphatic carbocycles. The number of aromatic amines is 1. The summed E-state index contributed by atoms with van der Waals surface area (Å²) in [7, 11) is 0. The van der Waals surface area contributed by atoms with Crippen molar-refractivity contribution in [3.8, 4) is 0 Å². The number of rotatable bonds is 13. The Morgan fingerprint density at radius 3 is 2.37 bits per heavy atom. The SMILES string of the molecule is O=C(O)N1CCC(n2c(=O)[nH]c3ccccc32)CC1CCCN(CCCOCc1ccccc1)Cc1ccccc1. The van der Waals surface area contributed by atoms with Crippen molar-refractivity contribution in [2.45, 2.75) is 57.3 Å². The molecular weight excluding hydrogens is 516 g/mol. The topological polar surface area (TPSA) is 90.8 Å². The molecule has 0 saturated carbocycles. The molecule has 2 heterocycles. The fourth-order valence-electron chi connectivity index (χ4n) is 6.04. The van der Waals surface area contributed by atoms with E-state index in [4.69, 9.17) is 4.74 Å². The van der Waals surface area contributed by atoms with Crippen molar-refractivity contribution in [2.75, 3.05) is 26.2 Å². The Morgan fingerprint density at radius 1 is 0.927 bits per heavy atom. The number of imidazole rings is 1. The number of aromatic nitrogens is 2. The summed E-state index contributed by atoms with van der Waals surface area (Å²) in [6.07, 6.45) is 2.96. The Labute approximate surface area is 241 Å². The number of carboxylic acid groups (broad SMARTS) is 1. The molecule has 2 unspecified atom stereocenters. The van der Waals surface area contributed by atoms with Crippen molar-refractivity contribution in [2.24, 2.45) is 0 Å². The van der Waals surface area contributed by atoms with Crippen LogP contribution in [0, 0.1) is 0 Å². The number of H-pyrrole nitrogens is 1.